The molecule has 2 nitrogen and oxygen atoms in total. The molecule has 90 valence electrons. The van der Waals surface area contributed by atoms with Crippen molar-refractivity contribution in [1.29, 1.82) is 0 Å². The van der Waals surface area contributed by atoms with Crippen molar-refractivity contribution in [2.75, 3.05) is 5.33 Å². The lowest BCUT2D eigenvalue weighted by Gasteiger charge is -2.12. The maximum atomic E-state index is 11.9. The average Bonchev–Trinajstić information content (AvgIpc) is 2.57. The number of nitrogens with one attached hydrogen (secondary N) is 1. The summed E-state index contributed by atoms with van der Waals surface area (Å²) in [6.07, 6.45) is 2.03. The molecule has 16 heavy (non-hydrogen) atoms. The van der Waals surface area contributed by atoms with E-state index < -0.39 is 0 Å². The summed E-state index contributed by atoms with van der Waals surface area (Å²) in [6, 6.07) is 0.184. The SMILES string of the molecule is Cc1csc(C(=O)NC(C)CCCBr)c1Cl. The minimum absolute atomic E-state index is 0.0647. The molecule has 1 unspecified atom stereocenters. The van der Waals surface area contributed by atoms with Crippen LogP contribution in [-0.2, 0) is 0 Å². The van der Waals surface area contributed by atoms with Crippen molar-refractivity contribution >= 4 is 44.8 Å². The second kappa shape index (κ2) is 6.62. The zero-order valence-corrected chi connectivity index (χ0v) is 12.5. The smallest absolute Gasteiger partial charge is 0.263 e. The molecule has 1 heterocycles. The van der Waals surface area contributed by atoms with Gasteiger partial charge in [0.15, 0.2) is 0 Å². The van der Waals surface area contributed by atoms with Crippen molar-refractivity contribution < 1.29 is 4.79 Å². The molecule has 0 aliphatic heterocycles. The van der Waals surface area contributed by atoms with Gasteiger partial charge in [0.05, 0.1) is 5.02 Å². The van der Waals surface area contributed by atoms with Crippen LogP contribution in [0.25, 0.3) is 0 Å². The third-order valence-electron chi connectivity index (χ3n) is 2.25. The molecule has 1 atom stereocenters. The summed E-state index contributed by atoms with van der Waals surface area (Å²) < 4.78 is 0. The highest BCUT2D eigenvalue weighted by atomic mass is 79.9. The number of hydrogen-bond acceptors (Lipinski definition) is 2. The molecule has 1 aromatic heterocycles. The summed E-state index contributed by atoms with van der Waals surface area (Å²) in [6.45, 7) is 3.92. The van der Waals surface area contributed by atoms with E-state index in [1.165, 1.54) is 11.3 Å². The van der Waals surface area contributed by atoms with Crippen LogP contribution in [0.15, 0.2) is 5.38 Å². The summed E-state index contributed by atoms with van der Waals surface area (Å²) in [4.78, 5) is 12.5. The number of halogens is 2. The Morgan fingerprint density at radius 3 is 2.88 bits per heavy atom. The van der Waals surface area contributed by atoms with Crippen LogP contribution in [0.4, 0.5) is 0 Å². The van der Waals surface area contributed by atoms with E-state index in [1.807, 2.05) is 19.2 Å². The number of alkyl halides is 1. The molecule has 5 heteroatoms. The van der Waals surface area contributed by atoms with Gasteiger partial charge in [-0.25, -0.2) is 0 Å². The van der Waals surface area contributed by atoms with Crippen LogP contribution in [0.1, 0.15) is 35.0 Å². The molecule has 0 saturated heterocycles. The summed E-state index contributed by atoms with van der Waals surface area (Å²) in [7, 11) is 0. The summed E-state index contributed by atoms with van der Waals surface area (Å²) in [5, 5.41) is 6.40. The Kier molecular flexibility index (Phi) is 5.79. The van der Waals surface area contributed by atoms with Gasteiger partial charge in [-0.05, 0) is 37.6 Å². The van der Waals surface area contributed by atoms with Crippen LogP contribution in [0.2, 0.25) is 5.02 Å². The lowest BCUT2D eigenvalue weighted by atomic mass is 10.2. The first kappa shape index (κ1) is 14.0. The highest BCUT2D eigenvalue weighted by molar-refractivity contribution is 9.09. The summed E-state index contributed by atoms with van der Waals surface area (Å²) in [5.74, 6) is -0.0647. The van der Waals surface area contributed by atoms with Gasteiger partial charge in [-0.2, -0.15) is 0 Å². The normalized spacial score (nSPS) is 12.5. The van der Waals surface area contributed by atoms with E-state index in [9.17, 15) is 4.79 Å². The molecule has 0 saturated carbocycles. The molecule has 0 fully saturated rings. The fourth-order valence-corrected chi connectivity index (χ4v) is 2.83. The highest BCUT2D eigenvalue weighted by Crippen LogP contribution is 2.27. The third-order valence-corrected chi connectivity index (χ3v) is 4.51. The molecule has 1 rings (SSSR count). The van der Waals surface area contributed by atoms with Gasteiger partial charge in [0.25, 0.3) is 5.91 Å². The number of rotatable bonds is 5. The Balaban J connectivity index is 2.55. The lowest BCUT2D eigenvalue weighted by molar-refractivity contribution is 0.0942. The molecule has 1 N–H and O–H groups in total. The quantitative estimate of drug-likeness (QED) is 0.815. The molecule has 1 aromatic rings. The van der Waals surface area contributed by atoms with Gasteiger partial charge in [0.2, 0.25) is 0 Å². The first-order valence-electron chi connectivity index (χ1n) is 5.16. The maximum Gasteiger partial charge on any atom is 0.263 e. The van der Waals surface area contributed by atoms with Gasteiger partial charge in [0, 0.05) is 11.4 Å². The van der Waals surface area contributed by atoms with E-state index in [0.29, 0.717) is 9.90 Å². The van der Waals surface area contributed by atoms with Crippen LogP contribution in [0.3, 0.4) is 0 Å². The van der Waals surface area contributed by atoms with Crippen LogP contribution < -0.4 is 5.32 Å². The van der Waals surface area contributed by atoms with Crippen molar-refractivity contribution in [3.8, 4) is 0 Å². The molecule has 0 spiro atoms. The van der Waals surface area contributed by atoms with E-state index >= 15 is 0 Å². The van der Waals surface area contributed by atoms with E-state index in [2.05, 4.69) is 21.2 Å². The van der Waals surface area contributed by atoms with Gasteiger partial charge >= 0.3 is 0 Å². The predicted molar refractivity (Wildman–Crippen MR) is 74.0 cm³/mol. The second-order valence-corrected chi connectivity index (χ2v) is 5.82. The van der Waals surface area contributed by atoms with Crippen LogP contribution >= 0.6 is 38.9 Å². The molecule has 0 aromatic carbocycles. The van der Waals surface area contributed by atoms with Gasteiger partial charge in [-0.1, -0.05) is 27.5 Å². The van der Waals surface area contributed by atoms with Crippen LogP contribution in [0.5, 0.6) is 0 Å². The van der Waals surface area contributed by atoms with Crippen molar-refractivity contribution in [3.05, 3.63) is 20.8 Å². The largest absolute Gasteiger partial charge is 0.349 e. The second-order valence-electron chi connectivity index (χ2n) is 3.77. The molecule has 1 amide bonds. The predicted octanol–water partition coefficient (Wildman–Crippen LogP) is 4.00. The van der Waals surface area contributed by atoms with Crippen molar-refractivity contribution in [2.24, 2.45) is 0 Å². The van der Waals surface area contributed by atoms with Crippen LogP contribution in [-0.4, -0.2) is 17.3 Å². The van der Waals surface area contributed by atoms with Crippen molar-refractivity contribution in [1.82, 2.24) is 5.32 Å². The Morgan fingerprint density at radius 2 is 2.38 bits per heavy atom. The Labute approximate surface area is 114 Å². The van der Waals surface area contributed by atoms with E-state index in [4.69, 9.17) is 11.6 Å². The van der Waals surface area contributed by atoms with Gasteiger partial charge in [0.1, 0.15) is 4.88 Å². The summed E-state index contributed by atoms with van der Waals surface area (Å²) >= 11 is 10.8. The zero-order chi connectivity index (χ0) is 12.1. The molecule has 0 bridgehead atoms. The Hall–Kier alpha value is -0.0600. The van der Waals surface area contributed by atoms with E-state index in [-0.39, 0.29) is 11.9 Å². The van der Waals surface area contributed by atoms with Crippen molar-refractivity contribution in [2.45, 2.75) is 32.7 Å². The monoisotopic (exact) mass is 323 g/mol. The Bertz CT molecular complexity index is 367. The number of carbonyl (C=O) groups excluding carboxylic acids is 1. The molecular formula is C11H15BrClNOS. The summed E-state index contributed by atoms with van der Waals surface area (Å²) in [5.41, 5.74) is 0.963. The fraction of sp³-hybridized carbons (Fsp3) is 0.545. The molecule has 0 aliphatic rings. The topological polar surface area (TPSA) is 29.1 Å². The van der Waals surface area contributed by atoms with Crippen LogP contribution in [0, 0.1) is 6.92 Å². The fourth-order valence-electron chi connectivity index (χ4n) is 1.33. The number of thiophene rings is 1. The van der Waals surface area contributed by atoms with Gasteiger partial charge < -0.3 is 5.32 Å². The number of carbonyl (C=O) groups is 1. The highest BCUT2D eigenvalue weighted by Gasteiger charge is 2.16. The number of aryl methyl sites for hydroxylation is 1. The van der Waals surface area contributed by atoms with Gasteiger partial charge in [-0.3, -0.25) is 4.79 Å². The average molecular weight is 325 g/mol. The minimum atomic E-state index is -0.0647. The van der Waals surface area contributed by atoms with E-state index in [0.717, 1.165) is 23.7 Å². The molecular weight excluding hydrogens is 310 g/mol. The first-order valence-corrected chi connectivity index (χ1v) is 7.54. The van der Waals surface area contributed by atoms with Crippen molar-refractivity contribution in [3.63, 3.8) is 0 Å². The van der Waals surface area contributed by atoms with E-state index in [1.54, 1.807) is 0 Å². The standard InChI is InChI=1S/C11H15BrClNOS/c1-7-6-16-10(9(7)13)11(15)14-8(2)4-3-5-12/h6,8H,3-5H2,1-2H3,(H,14,15). The minimum Gasteiger partial charge on any atom is -0.349 e. The lowest BCUT2D eigenvalue weighted by Crippen LogP contribution is -2.32. The first-order chi connectivity index (χ1) is 7.56. The number of amides is 1. The maximum absolute atomic E-state index is 11.9. The third kappa shape index (κ3) is 3.75. The molecule has 0 aliphatic carbocycles. The molecule has 0 radical (unpaired) electrons. The van der Waals surface area contributed by atoms with Gasteiger partial charge in [-0.15, -0.1) is 11.3 Å². The zero-order valence-electron chi connectivity index (χ0n) is 9.35. The number of hydrogen-bond donors (Lipinski definition) is 1. The Morgan fingerprint density at radius 1 is 1.69 bits per heavy atom.